The molecule has 0 bridgehead atoms. The average Bonchev–Trinajstić information content (AvgIpc) is 3.26. The summed E-state index contributed by atoms with van der Waals surface area (Å²) in [5.41, 5.74) is 4.10. The van der Waals surface area contributed by atoms with Gasteiger partial charge in [0.15, 0.2) is 5.78 Å². The molecule has 0 spiro atoms. The zero-order valence-corrected chi connectivity index (χ0v) is 18.3. The van der Waals surface area contributed by atoms with E-state index in [0.717, 1.165) is 45.6 Å². The van der Waals surface area contributed by atoms with Crippen LogP contribution in [-0.2, 0) is 6.54 Å². The highest BCUT2D eigenvalue weighted by atomic mass is 16.3. The number of aryl methyl sites for hydroxylation is 1. The van der Waals surface area contributed by atoms with Crippen molar-refractivity contribution in [2.24, 2.45) is 0 Å². The summed E-state index contributed by atoms with van der Waals surface area (Å²) in [5, 5.41) is 13.9. The number of carbonyl (C=O) groups excluding carboxylic acids is 2. The third-order valence-electron chi connectivity index (χ3n) is 6.23. The van der Waals surface area contributed by atoms with Gasteiger partial charge in [0.05, 0.1) is 6.10 Å². The van der Waals surface area contributed by atoms with Crippen LogP contribution in [-0.4, -0.2) is 81.9 Å². The fraction of sp³-hybridized carbons (Fsp3) is 0.522. The molecule has 0 unspecified atom stereocenters. The molecule has 2 fully saturated rings. The van der Waals surface area contributed by atoms with E-state index in [2.05, 4.69) is 40.0 Å². The van der Waals surface area contributed by atoms with Gasteiger partial charge in [-0.25, -0.2) is 4.79 Å². The molecule has 31 heavy (non-hydrogen) atoms. The Kier molecular flexibility index (Phi) is 6.38. The summed E-state index contributed by atoms with van der Waals surface area (Å²) >= 11 is 0. The fourth-order valence-corrected chi connectivity index (χ4v) is 4.31. The lowest BCUT2D eigenvalue weighted by molar-refractivity contribution is 0.101. The maximum absolute atomic E-state index is 12.7. The Morgan fingerprint density at radius 2 is 1.77 bits per heavy atom. The average molecular weight is 426 g/mol. The van der Waals surface area contributed by atoms with E-state index >= 15 is 0 Å². The molecule has 2 aromatic rings. The highest BCUT2D eigenvalue weighted by Crippen LogP contribution is 2.27. The monoisotopic (exact) mass is 425 g/mol. The molecule has 0 atom stereocenters. The number of hydrogen-bond acceptors (Lipinski definition) is 6. The largest absolute Gasteiger partial charge is 0.393 e. The Labute approximate surface area is 183 Å². The Morgan fingerprint density at radius 1 is 1.06 bits per heavy atom. The first-order chi connectivity index (χ1) is 14.9. The summed E-state index contributed by atoms with van der Waals surface area (Å²) in [6.45, 7) is 9.00. The number of aliphatic hydroxyl groups is 1. The van der Waals surface area contributed by atoms with Crippen LogP contribution in [0.2, 0.25) is 0 Å². The van der Waals surface area contributed by atoms with E-state index in [9.17, 15) is 14.7 Å². The summed E-state index contributed by atoms with van der Waals surface area (Å²) in [7, 11) is 0. The first-order valence-electron chi connectivity index (χ1n) is 11.0. The van der Waals surface area contributed by atoms with Crippen molar-refractivity contribution in [3.63, 3.8) is 0 Å². The molecule has 4 rings (SSSR count). The zero-order valence-electron chi connectivity index (χ0n) is 18.3. The van der Waals surface area contributed by atoms with Crippen molar-refractivity contribution in [1.29, 1.82) is 0 Å². The minimum atomic E-state index is -0.185. The number of rotatable bonds is 4. The molecule has 8 heteroatoms. The van der Waals surface area contributed by atoms with Gasteiger partial charge < -0.3 is 14.9 Å². The number of amides is 1. The van der Waals surface area contributed by atoms with Gasteiger partial charge in [0, 0.05) is 64.6 Å². The van der Waals surface area contributed by atoms with Gasteiger partial charge in [0.25, 0.3) is 0 Å². The van der Waals surface area contributed by atoms with Crippen LogP contribution in [0.25, 0.3) is 0 Å². The molecule has 1 amide bonds. The van der Waals surface area contributed by atoms with E-state index in [1.807, 2.05) is 0 Å². The number of ketones is 1. The smallest absolute Gasteiger partial charge is 0.344 e. The molecule has 1 aromatic carbocycles. The number of anilines is 1. The topological polar surface area (TPSA) is 81.9 Å². The maximum atomic E-state index is 12.7. The molecule has 0 aliphatic carbocycles. The van der Waals surface area contributed by atoms with Gasteiger partial charge in [-0.15, -0.1) is 0 Å². The quantitative estimate of drug-likeness (QED) is 0.756. The fourth-order valence-electron chi connectivity index (χ4n) is 4.31. The highest BCUT2D eigenvalue weighted by molar-refractivity contribution is 5.92. The maximum Gasteiger partial charge on any atom is 0.344 e. The van der Waals surface area contributed by atoms with Crippen LogP contribution in [0.15, 0.2) is 30.5 Å². The SMILES string of the molecule is CC(=O)c1ccn(C(=O)N2CCN(Cc3ccc(C)cc3N3CCC(O)CC3)CC2)n1. The first kappa shape index (κ1) is 21.5. The molecule has 166 valence electrons. The molecular weight excluding hydrogens is 394 g/mol. The third kappa shape index (κ3) is 4.97. The molecular formula is C23H31N5O3. The molecule has 0 saturated carbocycles. The molecule has 0 radical (unpaired) electrons. The van der Waals surface area contributed by atoms with Crippen molar-refractivity contribution in [3.8, 4) is 0 Å². The van der Waals surface area contributed by atoms with Gasteiger partial charge in [0.1, 0.15) is 5.69 Å². The van der Waals surface area contributed by atoms with Crippen LogP contribution in [0.5, 0.6) is 0 Å². The minimum absolute atomic E-state index is 0.145. The van der Waals surface area contributed by atoms with Gasteiger partial charge >= 0.3 is 6.03 Å². The minimum Gasteiger partial charge on any atom is -0.393 e. The predicted molar refractivity (Wildman–Crippen MR) is 119 cm³/mol. The van der Waals surface area contributed by atoms with Gasteiger partial charge in [-0.05, 0) is 43.0 Å². The third-order valence-corrected chi connectivity index (χ3v) is 6.23. The number of benzene rings is 1. The number of nitrogens with zero attached hydrogens (tertiary/aromatic N) is 5. The van der Waals surface area contributed by atoms with Crippen molar-refractivity contribution in [3.05, 3.63) is 47.3 Å². The van der Waals surface area contributed by atoms with Crippen molar-refractivity contribution < 1.29 is 14.7 Å². The lowest BCUT2D eigenvalue weighted by Gasteiger charge is -2.37. The summed E-state index contributed by atoms with van der Waals surface area (Å²) < 4.78 is 1.26. The van der Waals surface area contributed by atoms with Crippen molar-refractivity contribution in [2.75, 3.05) is 44.2 Å². The molecule has 1 N–H and O–H groups in total. The normalized spacial score (nSPS) is 18.4. The number of piperazine rings is 1. The Hall–Kier alpha value is -2.71. The number of aromatic nitrogens is 2. The molecule has 2 aliphatic heterocycles. The second kappa shape index (κ2) is 9.20. The van der Waals surface area contributed by atoms with Crippen LogP contribution >= 0.6 is 0 Å². The molecule has 2 aliphatic rings. The summed E-state index contributed by atoms with van der Waals surface area (Å²) in [4.78, 5) is 30.7. The number of aliphatic hydroxyl groups excluding tert-OH is 1. The van der Waals surface area contributed by atoms with E-state index in [0.29, 0.717) is 18.8 Å². The van der Waals surface area contributed by atoms with E-state index in [1.54, 1.807) is 17.2 Å². The Morgan fingerprint density at radius 3 is 2.42 bits per heavy atom. The van der Waals surface area contributed by atoms with Gasteiger partial charge in [0.2, 0.25) is 0 Å². The standard InChI is InChI=1S/C23H31N5O3/c1-17-3-4-19(22(15-17)26-8-5-20(30)6-9-26)16-25-11-13-27(14-12-25)23(31)28-10-7-21(24-28)18(2)29/h3-4,7,10,15,20,30H,5-6,8-9,11-14,16H2,1-2H3. The van der Waals surface area contributed by atoms with Crippen molar-refractivity contribution in [2.45, 2.75) is 39.3 Å². The molecule has 8 nitrogen and oxygen atoms in total. The predicted octanol–water partition coefficient (Wildman–Crippen LogP) is 2.14. The summed E-state index contributed by atoms with van der Waals surface area (Å²) in [6.07, 6.45) is 3.00. The molecule has 3 heterocycles. The Balaban J connectivity index is 1.37. The van der Waals surface area contributed by atoms with Crippen LogP contribution < -0.4 is 4.90 Å². The van der Waals surface area contributed by atoms with Crippen LogP contribution in [0, 0.1) is 6.92 Å². The van der Waals surface area contributed by atoms with Gasteiger partial charge in [-0.2, -0.15) is 9.78 Å². The van der Waals surface area contributed by atoms with Crippen LogP contribution in [0.4, 0.5) is 10.5 Å². The lowest BCUT2D eigenvalue weighted by Crippen LogP contribution is -2.49. The summed E-state index contributed by atoms with van der Waals surface area (Å²) in [6, 6.07) is 8.00. The number of piperidine rings is 1. The van der Waals surface area contributed by atoms with Crippen LogP contribution in [0.3, 0.4) is 0 Å². The highest BCUT2D eigenvalue weighted by Gasteiger charge is 2.25. The molecule has 2 saturated heterocycles. The number of Topliss-reactive ketones (excluding diaryl/α,β-unsaturated/α-hetero) is 1. The van der Waals surface area contributed by atoms with Crippen LogP contribution in [0.1, 0.15) is 41.4 Å². The number of hydrogen-bond donors (Lipinski definition) is 1. The second-order valence-electron chi connectivity index (χ2n) is 8.60. The zero-order chi connectivity index (χ0) is 22.0. The van der Waals surface area contributed by atoms with Crippen molar-refractivity contribution in [1.82, 2.24) is 19.6 Å². The van der Waals surface area contributed by atoms with Gasteiger partial charge in [-0.3, -0.25) is 9.69 Å². The molecule has 1 aromatic heterocycles. The second-order valence-corrected chi connectivity index (χ2v) is 8.60. The van der Waals surface area contributed by atoms with Gasteiger partial charge in [-0.1, -0.05) is 12.1 Å². The first-order valence-corrected chi connectivity index (χ1v) is 11.0. The summed E-state index contributed by atoms with van der Waals surface area (Å²) in [5.74, 6) is -0.145. The van der Waals surface area contributed by atoms with E-state index < -0.39 is 0 Å². The van der Waals surface area contributed by atoms with Crippen molar-refractivity contribution >= 4 is 17.5 Å². The number of carbonyl (C=O) groups is 2. The van der Waals surface area contributed by atoms with E-state index in [4.69, 9.17) is 0 Å². The van der Waals surface area contributed by atoms with E-state index in [1.165, 1.54) is 28.4 Å². The van der Waals surface area contributed by atoms with E-state index in [-0.39, 0.29) is 17.9 Å². The lowest BCUT2D eigenvalue weighted by atomic mass is 10.0. The Bertz CT molecular complexity index is 940.